The van der Waals surface area contributed by atoms with Crippen LogP contribution in [-0.2, 0) is 16.0 Å². The molecule has 0 bridgehead atoms. The highest BCUT2D eigenvalue weighted by Gasteiger charge is 2.23. The molecule has 7 heteroatoms. The topological polar surface area (TPSA) is 90.9 Å². The van der Waals surface area contributed by atoms with Gasteiger partial charge in [-0.25, -0.2) is 4.79 Å². The van der Waals surface area contributed by atoms with E-state index in [1.165, 1.54) is 11.3 Å². The van der Waals surface area contributed by atoms with Crippen molar-refractivity contribution in [3.05, 3.63) is 48.3 Å². The monoisotopic (exact) mass is 384 g/mol. The quantitative estimate of drug-likeness (QED) is 0.423. The Morgan fingerprint density at radius 3 is 2.58 bits per heavy atom. The average Bonchev–Trinajstić information content (AvgIpc) is 3.15. The molecule has 0 saturated carbocycles. The molecule has 0 unspecified atom stereocenters. The van der Waals surface area contributed by atoms with Crippen LogP contribution in [0.1, 0.15) is 43.0 Å². The second-order valence-corrected chi connectivity index (χ2v) is 7.48. The molecule has 0 fully saturated rings. The highest BCUT2D eigenvalue weighted by atomic mass is 32.1. The van der Waals surface area contributed by atoms with Gasteiger partial charge in [0.1, 0.15) is 17.0 Å². The van der Waals surface area contributed by atoms with E-state index in [0.29, 0.717) is 20.9 Å². The molecule has 0 aromatic carbocycles. The van der Waals surface area contributed by atoms with Crippen LogP contribution in [0.15, 0.2) is 17.0 Å². The number of nitriles is 2. The maximum atomic E-state index is 12.6. The van der Waals surface area contributed by atoms with Crippen molar-refractivity contribution in [2.45, 2.75) is 27.2 Å². The van der Waals surface area contributed by atoms with Crippen LogP contribution in [0.3, 0.4) is 0 Å². The van der Waals surface area contributed by atoms with Crippen molar-refractivity contribution in [2.24, 2.45) is 0 Å². The summed E-state index contributed by atoms with van der Waals surface area (Å²) in [6, 6.07) is 5.90. The smallest absolute Gasteiger partial charge is 0.348 e. The average molecular weight is 384 g/mol. The maximum absolute atomic E-state index is 12.6. The molecule has 0 atom stereocenters. The van der Waals surface area contributed by atoms with Gasteiger partial charge in [-0.05, 0) is 49.4 Å². The van der Waals surface area contributed by atoms with Crippen molar-refractivity contribution in [1.29, 1.82) is 10.5 Å². The summed E-state index contributed by atoms with van der Waals surface area (Å²) in [7, 11) is 0. The van der Waals surface area contributed by atoms with Crippen LogP contribution in [0.25, 0.3) is 6.08 Å². The lowest BCUT2D eigenvalue weighted by Crippen LogP contribution is -2.05. The van der Waals surface area contributed by atoms with Gasteiger partial charge in [-0.2, -0.15) is 10.5 Å². The van der Waals surface area contributed by atoms with Gasteiger partial charge in [-0.3, -0.25) is 4.79 Å². The summed E-state index contributed by atoms with van der Waals surface area (Å²) in [5, 5.41) is 20.6. The normalized spacial score (nSPS) is 10.9. The molecule has 0 amide bonds. The van der Waals surface area contributed by atoms with Gasteiger partial charge >= 0.3 is 5.97 Å². The number of hydrogen-bond acceptors (Lipinski definition) is 7. The van der Waals surface area contributed by atoms with E-state index >= 15 is 0 Å². The van der Waals surface area contributed by atoms with Crippen molar-refractivity contribution in [3.8, 4) is 12.1 Å². The minimum absolute atomic E-state index is 0.0307. The zero-order valence-electron chi connectivity index (χ0n) is 14.6. The number of ether oxygens (including phenoxy) is 1. The minimum atomic E-state index is -0.504. The number of ketones is 1. The van der Waals surface area contributed by atoms with Gasteiger partial charge in [0, 0.05) is 16.2 Å². The molecule has 5 nitrogen and oxygen atoms in total. The Morgan fingerprint density at radius 2 is 2.04 bits per heavy atom. The molecule has 0 N–H and O–H groups in total. The number of allylic oxidation sites excluding steroid dienone is 1. The number of carbonyl (C=O) groups is 2. The molecule has 0 spiro atoms. The third-order valence-electron chi connectivity index (χ3n) is 3.71. The van der Waals surface area contributed by atoms with Gasteiger partial charge in [0.2, 0.25) is 0 Å². The highest BCUT2D eigenvalue weighted by Crippen LogP contribution is 2.30. The lowest BCUT2D eigenvalue weighted by atomic mass is 10.0. The summed E-state index contributed by atoms with van der Waals surface area (Å²) in [5.74, 6) is -0.885. The lowest BCUT2D eigenvalue weighted by Gasteiger charge is -1.99. The van der Waals surface area contributed by atoms with Gasteiger partial charge in [0.25, 0.3) is 0 Å². The fourth-order valence-electron chi connectivity index (χ4n) is 2.32. The summed E-state index contributed by atoms with van der Waals surface area (Å²) >= 11 is 2.52. The van der Waals surface area contributed by atoms with E-state index in [4.69, 9.17) is 4.74 Å². The molecule has 2 aromatic heterocycles. The van der Waals surface area contributed by atoms with Crippen molar-refractivity contribution < 1.29 is 14.3 Å². The molecule has 0 aliphatic carbocycles. The molecule has 0 aliphatic heterocycles. The van der Waals surface area contributed by atoms with Crippen LogP contribution >= 0.6 is 22.7 Å². The van der Waals surface area contributed by atoms with E-state index < -0.39 is 5.97 Å². The van der Waals surface area contributed by atoms with Gasteiger partial charge in [-0.15, -0.1) is 22.7 Å². The van der Waals surface area contributed by atoms with Crippen LogP contribution in [0.2, 0.25) is 0 Å². The first-order valence-electron chi connectivity index (χ1n) is 7.81. The molecule has 26 heavy (non-hydrogen) atoms. The van der Waals surface area contributed by atoms with Crippen LogP contribution in [0.5, 0.6) is 0 Å². The second kappa shape index (κ2) is 8.57. The summed E-state index contributed by atoms with van der Waals surface area (Å²) < 4.78 is 4.99. The molecule has 0 radical (unpaired) electrons. The van der Waals surface area contributed by atoms with Gasteiger partial charge < -0.3 is 4.74 Å². The van der Waals surface area contributed by atoms with E-state index in [1.54, 1.807) is 19.9 Å². The van der Waals surface area contributed by atoms with Crippen LogP contribution < -0.4 is 0 Å². The number of rotatable bonds is 6. The Hall–Kier alpha value is -2.74. The number of nitrogens with zero attached hydrogens (tertiary/aromatic N) is 2. The lowest BCUT2D eigenvalue weighted by molar-refractivity contribution is -0.114. The van der Waals surface area contributed by atoms with E-state index in [1.807, 2.05) is 30.5 Å². The van der Waals surface area contributed by atoms with E-state index in [0.717, 1.165) is 21.8 Å². The second-order valence-electron chi connectivity index (χ2n) is 5.42. The van der Waals surface area contributed by atoms with Gasteiger partial charge in [0.05, 0.1) is 17.7 Å². The number of aryl methyl sites for hydroxylation is 1. The zero-order valence-corrected chi connectivity index (χ0v) is 16.2. The van der Waals surface area contributed by atoms with E-state index in [-0.39, 0.29) is 24.4 Å². The minimum Gasteiger partial charge on any atom is -0.462 e. The maximum Gasteiger partial charge on any atom is 0.348 e. The fourth-order valence-corrected chi connectivity index (χ4v) is 4.32. The molecule has 0 saturated heterocycles. The zero-order chi connectivity index (χ0) is 19.3. The van der Waals surface area contributed by atoms with Gasteiger partial charge in [0.15, 0.2) is 5.78 Å². The Morgan fingerprint density at radius 1 is 1.31 bits per heavy atom. The Balaban J connectivity index is 2.34. The summed E-state index contributed by atoms with van der Waals surface area (Å²) in [6.45, 7) is 5.50. The number of thiophene rings is 2. The first-order valence-corrected chi connectivity index (χ1v) is 9.51. The Kier molecular flexibility index (Phi) is 6.46. The van der Waals surface area contributed by atoms with Crippen molar-refractivity contribution in [1.82, 2.24) is 0 Å². The highest BCUT2D eigenvalue weighted by molar-refractivity contribution is 7.14. The fraction of sp³-hybridized carbons (Fsp3) is 0.263. The molecule has 2 heterocycles. The summed E-state index contributed by atoms with van der Waals surface area (Å²) in [5.41, 5.74) is 1.83. The van der Waals surface area contributed by atoms with Gasteiger partial charge in [-0.1, -0.05) is 0 Å². The number of esters is 1. The summed E-state index contributed by atoms with van der Waals surface area (Å²) in [4.78, 5) is 26.2. The molecular weight excluding hydrogens is 368 g/mol. The van der Waals surface area contributed by atoms with Crippen molar-refractivity contribution >= 4 is 40.5 Å². The third-order valence-corrected chi connectivity index (χ3v) is 5.95. The van der Waals surface area contributed by atoms with E-state index in [9.17, 15) is 20.1 Å². The number of Topliss-reactive ketones (excluding diaryl/α,β-unsaturated/α-hetero) is 1. The molecular formula is C19H16N2O3S2. The number of carbonyl (C=O) groups excluding carboxylic acids is 2. The van der Waals surface area contributed by atoms with Crippen LogP contribution in [-0.4, -0.2) is 18.4 Å². The standard InChI is InChI=1S/C19H16N2O3S2/c1-4-24-19(23)18-12(3)14(10-21)17(26-18)8-15(22)13(9-20)7-16-11(2)5-6-25-16/h5-7H,4,8H2,1-3H3/b13-7+. The van der Waals surface area contributed by atoms with E-state index in [2.05, 4.69) is 0 Å². The predicted octanol–water partition coefficient (Wildman–Crippen LogP) is 4.19. The molecule has 0 aliphatic rings. The van der Waals surface area contributed by atoms with Crippen LogP contribution in [0.4, 0.5) is 0 Å². The van der Waals surface area contributed by atoms with Crippen LogP contribution in [0, 0.1) is 36.5 Å². The Bertz CT molecular complexity index is 968. The Labute approximate surface area is 159 Å². The predicted molar refractivity (Wildman–Crippen MR) is 101 cm³/mol. The van der Waals surface area contributed by atoms with Crippen molar-refractivity contribution in [2.75, 3.05) is 6.61 Å². The molecule has 2 aromatic rings. The number of hydrogen-bond donors (Lipinski definition) is 0. The largest absolute Gasteiger partial charge is 0.462 e. The first-order chi connectivity index (χ1) is 12.4. The molecule has 132 valence electrons. The summed E-state index contributed by atoms with van der Waals surface area (Å²) in [6.07, 6.45) is 1.47. The first kappa shape index (κ1) is 19.6. The molecule has 2 rings (SSSR count). The SMILES string of the molecule is CCOC(=O)c1sc(CC(=O)/C(C#N)=C/c2sccc2C)c(C#N)c1C. The van der Waals surface area contributed by atoms with Crippen molar-refractivity contribution in [3.63, 3.8) is 0 Å². The third kappa shape index (κ3) is 4.08.